The van der Waals surface area contributed by atoms with Crippen LogP contribution in [0, 0.1) is 12.8 Å². The van der Waals surface area contributed by atoms with E-state index >= 15 is 0 Å². The molecule has 1 aliphatic heterocycles. The fourth-order valence-electron chi connectivity index (χ4n) is 2.13. The number of rotatable bonds is 5. The number of carbonyl (C=O) groups excluding carboxylic acids is 2. The van der Waals surface area contributed by atoms with Gasteiger partial charge in [-0.25, -0.2) is 0 Å². The van der Waals surface area contributed by atoms with Gasteiger partial charge in [-0.3, -0.25) is 9.59 Å². The second-order valence-corrected chi connectivity index (χ2v) is 5.86. The van der Waals surface area contributed by atoms with Crippen LogP contribution >= 0.6 is 11.3 Å². The molecule has 0 unspecified atom stereocenters. The molecule has 0 aliphatic carbocycles. The van der Waals surface area contributed by atoms with Gasteiger partial charge in [-0.1, -0.05) is 0 Å². The molecule has 2 amide bonds. The maximum atomic E-state index is 11.9. The number of amides is 2. The van der Waals surface area contributed by atoms with E-state index in [0.717, 1.165) is 10.0 Å². The number of aromatic nitrogens is 2. The number of nitrogens with one attached hydrogen (secondary N) is 1. The lowest BCUT2D eigenvalue weighted by molar-refractivity contribution is -0.128. The molecule has 1 N–H and O–H groups in total. The maximum absolute atomic E-state index is 11.9. The number of hydrogen-bond donors (Lipinski definition) is 1. The van der Waals surface area contributed by atoms with Crippen molar-refractivity contribution in [1.29, 1.82) is 0 Å². The number of hydrogen-bond acceptors (Lipinski definition) is 5. The van der Waals surface area contributed by atoms with Gasteiger partial charge in [0.1, 0.15) is 10.0 Å². The first kappa shape index (κ1) is 13.9. The fraction of sp³-hybridized carbons (Fsp3) is 0.667. The third kappa shape index (κ3) is 3.50. The molecule has 104 valence electrons. The van der Waals surface area contributed by atoms with Crippen LogP contribution in [0.25, 0.3) is 0 Å². The molecular weight excluding hydrogens is 264 g/mol. The summed E-state index contributed by atoms with van der Waals surface area (Å²) in [4.78, 5) is 25.2. The summed E-state index contributed by atoms with van der Waals surface area (Å²) in [6.45, 7) is 5.59. The summed E-state index contributed by atoms with van der Waals surface area (Å²) in [5.41, 5.74) is 0. The van der Waals surface area contributed by atoms with Crippen LogP contribution in [0.3, 0.4) is 0 Å². The summed E-state index contributed by atoms with van der Waals surface area (Å²) >= 11 is 1.54. The van der Waals surface area contributed by atoms with Crippen LogP contribution < -0.4 is 5.32 Å². The van der Waals surface area contributed by atoms with Gasteiger partial charge in [-0.15, -0.1) is 21.5 Å². The van der Waals surface area contributed by atoms with E-state index in [1.807, 2.05) is 13.8 Å². The molecule has 0 bridgehead atoms. The molecule has 1 aliphatic rings. The monoisotopic (exact) mass is 282 g/mol. The Morgan fingerprint density at radius 1 is 1.53 bits per heavy atom. The summed E-state index contributed by atoms with van der Waals surface area (Å²) in [6, 6.07) is 0. The highest BCUT2D eigenvalue weighted by Crippen LogP contribution is 2.17. The zero-order valence-electron chi connectivity index (χ0n) is 11.2. The highest BCUT2D eigenvalue weighted by molar-refractivity contribution is 7.11. The molecule has 0 radical (unpaired) electrons. The average molecular weight is 282 g/mol. The zero-order valence-corrected chi connectivity index (χ0v) is 12.0. The molecule has 1 saturated heterocycles. The van der Waals surface area contributed by atoms with E-state index in [9.17, 15) is 9.59 Å². The highest BCUT2D eigenvalue weighted by Gasteiger charge is 2.32. The highest BCUT2D eigenvalue weighted by atomic mass is 32.1. The maximum Gasteiger partial charge on any atom is 0.225 e. The standard InChI is InChI=1S/C12H18N4O2S/c1-3-16-7-9(6-11(16)17)12(18)13-5-4-10-15-14-8(2)19-10/h9H,3-7H2,1-2H3,(H,13,18)/t9-/m0/s1. The Labute approximate surface area is 116 Å². The van der Waals surface area contributed by atoms with Gasteiger partial charge in [-0.05, 0) is 13.8 Å². The summed E-state index contributed by atoms with van der Waals surface area (Å²) in [5, 5.41) is 12.7. The van der Waals surface area contributed by atoms with Crippen molar-refractivity contribution < 1.29 is 9.59 Å². The van der Waals surface area contributed by atoms with Gasteiger partial charge in [0.25, 0.3) is 0 Å². The first-order valence-electron chi connectivity index (χ1n) is 6.44. The molecule has 0 spiro atoms. The Balaban J connectivity index is 1.74. The smallest absolute Gasteiger partial charge is 0.225 e. The third-order valence-electron chi connectivity index (χ3n) is 3.17. The van der Waals surface area contributed by atoms with Crippen molar-refractivity contribution in [3.05, 3.63) is 10.0 Å². The van der Waals surface area contributed by atoms with Crippen molar-refractivity contribution >= 4 is 23.2 Å². The molecule has 7 heteroatoms. The fourth-order valence-corrected chi connectivity index (χ4v) is 2.84. The summed E-state index contributed by atoms with van der Waals surface area (Å²) in [5.74, 6) is -0.170. The molecular formula is C12H18N4O2S. The second-order valence-electron chi connectivity index (χ2n) is 4.59. The van der Waals surface area contributed by atoms with Crippen LogP contribution in [-0.2, 0) is 16.0 Å². The van der Waals surface area contributed by atoms with Gasteiger partial charge in [-0.2, -0.15) is 0 Å². The van der Waals surface area contributed by atoms with Crippen LogP contribution in [0.2, 0.25) is 0 Å². The van der Waals surface area contributed by atoms with E-state index in [2.05, 4.69) is 15.5 Å². The van der Waals surface area contributed by atoms with Crippen molar-refractivity contribution in [3.63, 3.8) is 0 Å². The van der Waals surface area contributed by atoms with Crippen LogP contribution in [0.4, 0.5) is 0 Å². The van der Waals surface area contributed by atoms with Crippen molar-refractivity contribution in [2.24, 2.45) is 5.92 Å². The van der Waals surface area contributed by atoms with Crippen molar-refractivity contribution in [1.82, 2.24) is 20.4 Å². The molecule has 0 aromatic carbocycles. The van der Waals surface area contributed by atoms with Gasteiger partial charge in [0.15, 0.2) is 0 Å². The first-order chi connectivity index (χ1) is 9.10. The van der Waals surface area contributed by atoms with Gasteiger partial charge < -0.3 is 10.2 Å². The summed E-state index contributed by atoms with van der Waals surface area (Å²) in [7, 11) is 0. The molecule has 1 aromatic rings. The van der Waals surface area contributed by atoms with Gasteiger partial charge >= 0.3 is 0 Å². The minimum atomic E-state index is -0.205. The quantitative estimate of drug-likeness (QED) is 0.847. The van der Waals surface area contributed by atoms with Gasteiger partial charge in [0.05, 0.1) is 5.92 Å². The average Bonchev–Trinajstić information content (AvgIpc) is 2.95. The van der Waals surface area contributed by atoms with Crippen LogP contribution in [-0.4, -0.2) is 46.5 Å². The molecule has 1 fully saturated rings. The predicted octanol–water partition coefficient (Wildman–Crippen LogP) is 0.374. The molecule has 2 rings (SSSR count). The summed E-state index contributed by atoms with van der Waals surface area (Å²) in [6.07, 6.45) is 1.02. The number of aryl methyl sites for hydroxylation is 1. The Bertz CT molecular complexity index is 474. The molecule has 2 heterocycles. The molecule has 19 heavy (non-hydrogen) atoms. The normalized spacial score (nSPS) is 18.9. The minimum Gasteiger partial charge on any atom is -0.355 e. The van der Waals surface area contributed by atoms with E-state index in [1.54, 1.807) is 16.2 Å². The van der Waals surface area contributed by atoms with E-state index in [4.69, 9.17) is 0 Å². The topological polar surface area (TPSA) is 75.2 Å². The third-order valence-corrected chi connectivity index (χ3v) is 4.07. The number of carbonyl (C=O) groups is 2. The van der Waals surface area contributed by atoms with Crippen molar-refractivity contribution in [2.45, 2.75) is 26.7 Å². The van der Waals surface area contributed by atoms with Crippen LogP contribution in [0.15, 0.2) is 0 Å². The molecule has 1 atom stereocenters. The summed E-state index contributed by atoms with van der Waals surface area (Å²) < 4.78 is 0. The van der Waals surface area contributed by atoms with E-state index < -0.39 is 0 Å². The lowest BCUT2D eigenvalue weighted by Crippen LogP contribution is -2.34. The molecule has 1 aromatic heterocycles. The Hall–Kier alpha value is -1.50. The zero-order chi connectivity index (χ0) is 13.8. The minimum absolute atomic E-state index is 0.0365. The number of nitrogens with zero attached hydrogens (tertiary/aromatic N) is 3. The van der Waals surface area contributed by atoms with E-state index in [1.165, 1.54) is 0 Å². The second kappa shape index (κ2) is 6.10. The predicted molar refractivity (Wildman–Crippen MR) is 71.7 cm³/mol. The Morgan fingerprint density at radius 2 is 2.32 bits per heavy atom. The van der Waals surface area contributed by atoms with E-state index in [-0.39, 0.29) is 17.7 Å². The Kier molecular flexibility index (Phi) is 4.47. The van der Waals surface area contributed by atoms with Crippen LogP contribution in [0.5, 0.6) is 0 Å². The van der Waals surface area contributed by atoms with Gasteiger partial charge in [0.2, 0.25) is 11.8 Å². The molecule has 0 saturated carbocycles. The SMILES string of the molecule is CCN1C[C@@H](C(=O)NCCc2nnc(C)s2)CC1=O. The van der Waals surface area contributed by atoms with E-state index in [0.29, 0.717) is 32.5 Å². The Morgan fingerprint density at radius 3 is 2.89 bits per heavy atom. The first-order valence-corrected chi connectivity index (χ1v) is 7.26. The van der Waals surface area contributed by atoms with Crippen LogP contribution in [0.1, 0.15) is 23.4 Å². The molecule has 6 nitrogen and oxygen atoms in total. The lowest BCUT2D eigenvalue weighted by Gasteiger charge is -2.13. The van der Waals surface area contributed by atoms with Gasteiger partial charge in [0, 0.05) is 32.5 Å². The van der Waals surface area contributed by atoms with Crippen molar-refractivity contribution in [3.8, 4) is 0 Å². The lowest BCUT2D eigenvalue weighted by atomic mass is 10.1. The van der Waals surface area contributed by atoms with Crippen molar-refractivity contribution in [2.75, 3.05) is 19.6 Å². The largest absolute Gasteiger partial charge is 0.355 e. The number of likely N-dealkylation sites (tertiary alicyclic amines) is 1.